The molecule has 0 aromatic carbocycles. The maximum atomic E-state index is 11.3. The first-order valence-electron chi connectivity index (χ1n) is 4.37. The van der Waals surface area contributed by atoms with Gasteiger partial charge in [-0.3, -0.25) is 9.80 Å². The lowest BCUT2D eigenvalue weighted by Gasteiger charge is -2.20. The van der Waals surface area contributed by atoms with E-state index < -0.39 is 9.84 Å². The Bertz CT molecular complexity index is 348. The molecule has 0 spiro atoms. The molecule has 1 amide bonds. The molecule has 1 fully saturated rings. The fourth-order valence-corrected chi connectivity index (χ4v) is 3.11. The van der Waals surface area contributed by atoms with Crippen molar-refractivity contribution >= 4 is 15.7 Å². The summed E-state index contributed by atoms with van der Waals surface area (Å²) in [6, 6.07) is -0.372. The molecule has 1 aliphatic heterocycles. The molecule has 6 heteroatoms. The molecular weight excluding hydrogens is 204 g/mol. The van der Waals surface area contributed by atoms with Crippen LogP contribution in [0.2, 0.25) is 0 Å². The fourth-order valence-electron chi connectivity index (χ4n) is 1.40. The van der Waals surface area contributed by atoms with E-state index in [0.29, 0.717) is 6.42 Å². The van der Waals surface area contributed by atoms with Gasteiger partial charge in [0.1, 0.15) is 0 Å². The van der Waals surface area contributed by atoms with Crippen LogP contribution in [0.3, 0.4) is 0 Å². The Morgan fingerprint density at radius 2 is 2.21 bits per heavy atom. The number of hydrogen-bond acceptors (Lipinski definition) is 4. The van der Waals surface area contributed by atoms with E-state index in [-0.39, 0.29) is 23.5 Å². The van der Waals surface area contributed by atoms with Crippen LogP contribution in [-0.2, 0) is 14.6 Å². The van der Waals surface area contributed by atoms with Crippen molar-refractivity contribution in [1.29, 1.82) is 0 Å². The smallest absolute Gasteiger partial charge is 0.260 e. The number of nitrogens with two attached hydrogens (primary N) is 1. The molecule has 80 valence electrons. The van der Waals surface area contributed by atoms with Crippen LogP contribution in [0.25, 0.3) is 0 Å². The van der Waals surface area contributed by atoms with E-state index in [4.69, 9.17) is 5.84 Å². The minimum Gasteiger partial charge on any atom is -0.273 e. The average Bonchev–Trinajstić information content (AvgIpc) is 2.45. The number of carbonyl (C=O) groups excluding carboxylic acids is 1. The molecule has 1 aliphatic rings. The molecule has 2 N–H and O–H groups in total. The van der Waals surface area contributed by atoms with Crippen molar-refractivity contribution in [3.63, 3.8) is 0 Å². The summed E-state index contributed by atoms with van der Waals surface area (Å²) in [5, 5.41) is 1.00. The molecule has 14 heavy (non-hydrogen) atoms. The van der Waals surface area contributed by atoms with Gasteiger partial charge in [-0.05, 0) is 13.3 Å². The van der Waals surface area contributed by atoms with Crippen LogP contribution in [0.1, 0.15) is 13.3 Å². The van der Waals surface area contributed by atoms with Gasteiger partial charge >= 0.3 is 0 Å². The van der Waals surface area contributed by atoms with Crippen LogP contribution in [0.4, 0.5) is 0 Å². The first-order chi connectivity index (χ1) is 6.46. The lowest BCUT2D eigenvalue weighted by Crippen LogP contribution is -2.45. The number of carbonyl (C=O) groups is 1. The number of hydrogen-bond donors (Lipinski definition) is 1. The minimum atomic E-state index is -2.99. The number of hydrazine groups is 1. The molecule has 1 heterocycles. The van der Waals surface area contributed by atoms with Crippen molar-refractivity contribution in [3.05, 3.63) is 12.2 Å². The maximum Gasteiger partial charge on any atom is 0.260 e. The third-order valence-electron chi connectivity index (χ3n) is 2.17. The van der Waals surface area contributed by atoms with E-state index in [0.717, 1.165) is 5.01 Å². The molecule has 0 aromatic rings. The standard InChI is InChI=1S/C8H14N2O3S/c1-2-3-8(11)10(9)7-4-5-14(12,13)6-7/h2-3,7H,4-6,9H2,1H3/b3-2+. The van der Waals surface area contributed by atoms with Crippen LogP contribution in [-0.4, -0.2) is 36.9 Å². The second kappa shape index (κ2) is 4.10. The van der Waals surface area contributed by atoms with Crippen molar-refractivity contribution < 1.29 is 13.2 Å². The van der Waals surface area contributed by atoms with E-state index >= 15 is 0 Å². The number of sulfone groups is 1. The normalized spacial score (nSPS) is 25.4. The van der Waals surface area contributed by atoms with E-state index in [1.807, 2.05) is 0 Å². The molecule has 0 saturated carbocycles. The maximum absolute atomic E-state index is 11.3. The summed E-state index contributed by atoms with van der Waals surface area (Å²) in [7, 11) is -2.99. The summed E-state index contributed by atoms with van der Waals surface area (Å²) in [6.07, 6.45) is 3.33. The Hall–Kier alpha value is -0.880. The van der Waals surface area contributed by atoms with Crippen molar-refractivity contribution in [2.45, 2.75) is 19.4 Å². The fraction of sp³-hybridized carbons (Fsp3) is 0.625. The van der Waals surface area contributed by atoms with Gasteiger partial charge < -0.3 is 0 Å². The van der Waals surface area contributed by atoms with Gasteiger partial charge in [0.05, 0.1) is 17.5 Å². The topological polar surface area (TPSA) is 80.5 Å². The van der Waals surface area contributed by atoms with Gasteiger partial charge in [-0.15, -0.1) is 0 Å². The molecule has 1 unspecified atom stereocenters. The molecule has 0 aliphatic carbocycles. The van der Waals surface area contributed by atoms with Crippen LogP contribution in [0.5, 0.6) is 0 Å². The largest absolute Gasteiger partial charge is 0.273 e. The Morgan fingerprint density at radius 3 is 2.64 bits per heavy atom. The minimum absolute atomic E-state index is 0.0210. The Balaban J connectivity index is 2.64. The summed E-state index contributed by atoms with van der Waals surface area (Å²) >= 11 is 0. The van der Waals surface area contributed by atoms with Crippen LogP contribution in [0, 0.1) is 0 Å². The van der Waals surface area contributed by atoms with Gasteiger partial charge in [0, 0.05) is 6.08 Å². The first-order valence-corrected chi connectivity index (χ1v) is 6.19. The second-order valence-electron chi connectivity index (χ2n) is 3.30. The molecule has 0 radical (unpaired) electrons. The third kappa shape index (κ3) is 2.55. The summed E-state index contributed by atoms with van der Waals surface area (Å²) in [5.41, 5.74) is 0. The second-order valence-corrected chi connectivity index (χ2v) is 5.53. The monoisotopic (exact) mass is 218 g/mol. The van der Waals surface area contributed by atoms with Gasteiger partial charge in [-0.25, -0.2) is 14.3 Å². The molecule has 1 rings (SSSR count). The van der Waals surface area contributed by atoms with Crippen molar-refractivity contribution in [1.82, 2.24) is 5.01 Å². The number of allylic oxidation sites excluding steroid dienone is 1. The summed E-state index contributed by atoms with van der Waals surface area (Å²) in [4.78, 5) is 11.3. The van der Waals surface area contributed by atoms with Crippen molar-refractivity contribution in [2.75, 3.05) is 11.5 Å². The lowest BCUT2D eigenvalue weighted by atomic mass is 10.2. The predicted octanol–water partition coefficient (Wildman–Crippen LogP) is -0.548. The highest BCUT2D eigenvalue weighted by Gasteiger charge is 2.32. The predicted molar refractivity (Wildman–Crippen MR) is 52.9 cm³/mol. The van der Waals surface area contributed by atoms with Gasteiger partial charge in [-0.1, -0.05) is 6.08 Å². The summed E-state index contributed by atoms with van der Waals surface area (Å²) in [6.45, 7) is 1.71. The van der Waals surface area contributed by atoms with Crippen molar-refractivity contribution in [2.24, 2.45) is 5.84 Å². The van der Waals surface area contributed by atoms with E-state index in [2.05, 4.69) is 0 Å². The van der Waals surface area contributed by atoms with Gasteiger partial charge in [0.2, 0.25) is 0 Å². The van der Waals surface area contributed by atoms with Crippen LogP contribution in [0.15, 0.2) is 12.2 Å². The SMILES string of the molecule is C/C=C/C(=O)N(N)C1CCS(=O)(=O)C1. The molecule has 0 aromatic heterocycles. The number of nitrogens with zero attached hydrogens (tertiary/aromatic N) is 1. The lowest BCUT2D eigenvalue weighted by molar-refractivity contribution is -0.128. The highest BCUT2D eigenvalue weighted by Crippen LogP contribution is 2.15. The molecule has 1 saturated heterocycles. The third-order valence-corrected chi connectivity index (χ3v) is 3.92. The van der Waals surface area contributed by atoms with E-state index in [1.165, 1.54) is 6.08 Å². The van der Waals surface area contributed by atoms with E-state index in [9.17, 15) is 13.2 Å². The van der Waals surface area contributed by atoms with Crippen LogP contribution < -0.4 is 5.84 Å². The average molecular weight is 218 g/mol. The molecule has 0 bridgehead atoms. The first kappa shape index (κ1) is 11.2. The molecular formula is C8H14N2O3S. The Morgan fingerprint density at radius 1 is 1.57 bits per heavy atom. The zero-order chi connectivity index (χ0) is 10.8. The summed E-state index contributed by atoms with van der Waals surface area (Å²) in [5.74, 6) is 5.24. The van der Waals surface area contributed by atoms with Gasteiger partial charge in [-0.2, -0.15) is 0 Å². The zero-order valence-electron chi connectivity index (χ0n) is 8.01. The number of rotatable bonds is 2. The van der Waals surface area contributed by atoms with Crippen molar-refractivity contribution in [3.8, 4) is 0 Å². The zero-order valence-corrected chi connectivity index (χ0v) is 8.83. The summed E-state index contributed by atoms with van der Waals surface area (Å²) < 4.78 is 22.2. The quantitative estimate of drug-likeness (QED) is 0.292. The highest BCUT2D eigenvalue weighted by molar-refractivity contribution is 7.91. The van der Waals surface area contributed by atoms with Gasteiger partial charge in [0.25, 0.3) is 5.91 Å². The molecule has 1 atom stereocenters. The molecule has 5 nitrogen and oxygen atoms in total. The van der Waals surface area contributed by atoms with Crippen LogP contribution >= 0.6 is 0 Å². The Labute approximate surface area is 83.5 Å². The Kier molecular flexibility index (Phi) is 3.28. The number of amides is 1. The van der Waals surface area contributed by atoms with E-state index in [1.54, 1.807) is 13.0 Å². The van der Waals surface area contributed by atoms with Gasteiger partial charge in [0.15, 0.2) is 9.84 Å². The highest BCUT2D eigenvalue weighted by atomic mass is 32.2.